The zero-order chi connectivity index (χ0) is 33.0. The molecule has 0 fully saturated rings. The molecule has 1 aromatic carbocycles. The first kappa shape index (κ1) is 34.1. The van der Waals surface area contributed by atoms with Gasteiger partial charge in [-0.25, -0.2) is 19.4 Å². The van der Waals surface area contributed by atoms with Crippen molar-refractivity contribution in [3.8, 4) is 5.75 Å². The summed E-state index contributed by atoms with van der Waals surface area (Å²) in [4.78, 5) is 56.9. The first-order valence-corrected chi connectivity index (χ1v) is 14.4. The number of fused-ring (bicyclic) bond motifs is 1. The maximum Gasteiger partial charge on any atom is 0.424 e. The summed E-state index contributed by atoms with van der Waals surface area (Å²) in [5.74, 6) is 0.689. The summed E-state index contributed by atoms with van der Waals surface area (Å²) < 4.78 is 22.0. The Morgan fingerprint density at radius 2 is 1.50 bits per heavy atom. The van der Waals surface area contributed by atoms with Crippen LogP contribution < -0.4 is 14.5 Å². The highest BCUT2D eigenvalue weighted by Crippen LogP contribution is 2.34. The van der Waals surface area contributed by atoms with Gasteiger partial charge in [0.05, 0.1) is 17.6 Å². The molecular weight excluding hydrogens is 572 g/mol. The van der Waals surface area contributed by atoms with Crippen LogP contribution in [0.5, 0.6) is 5.75 Å². The van der Waals surface area contributed by atoms with Crippen molar-refractivity contribution < 1.29 is 38.3 Å². The van der Waals surface area contributed by atoms with Crippen molar-refractivity contribution >= 4 is 35.5 Å². The Balaban J connectivity index is 1.81. The van der Waals surface area contributed by atoms with Crippen molar-refractivity contribution in [1.82, 2.24) is 4.98 Å². The van der Waals surface area contributed by atoms with Crippen LogP contribution in [-0.4, -0.2) is 58.1 Å². The quantitative estimate of drug-likeness (QED) is 0.189. The molecule has 1 aromatic heterocycles. The number of benzene rings is 1. The zero-order valence-electron chi connectivity index (χ0n) is 26.9. The van der Waals surface area contributed by atoms with E-state index in [2.05, 4.69) is 4.98 Å². The number of pyridine rings is 1. The summed E-state index contributed by atoms with van der Waals surface area (Å²) in [6, 6.07) is 7.55. The number of aryl methyl sites for hydroxylation is 1. The molecule has 0 atom stereocenters. The lowest BCUT2D eigenvalue weighted by molar-refractivity contribution is -0.384. The topological polar surface area (TPSA) is 151 Å². The summed E-state index contributed by atoms with van der Waals surface area (Å²) in [6.45, 7) is 15.7. The molecule has 3 rings (SSSR count). The Hall–Kier alpha value is -4.42. The van der Waals surface area contributed by atoms with Crippen LogP contribution in [-0.2, 0) is 27.1 Å². The van der Waals surface area contributed by atoms with Crippen LogP contribution in [0.25, 0.3) is 0 Å². The number of imide groups is 1. The van der Waals surface area contributed by atoms with Gasteiger partial charge in [0.2, 0.25) is 0 Å². The van der Waals surface area contributed by atoms with Crippen LogP contribution in [0.4, 0.5) is 31.6 Å². The van der Waals surface area contributed by atoms with Gasteiger partial charge in [-0.3, -0.25) is 15.0 Å². The van der Waals surface area contributed by atoms with Gasteiger partial charge >= 0.3 is 18.3 Å². The third-order valence-corrected chi connectivity index (χ3v) is 5.87. The fourth-order valence-electron chi connectivity index (χ4n) is 4.20. The lowest BCUT2D eigenvalue weighted by Gasteiger charge is -2.31. The number of ether oxygens (including phenoxy) is 4. The molecular formula is C31H42N4O9. The summed E-state index contributed by atoms with van der Waals surface area (Å²) >= 11 is 0. The molecule has 0 N–H and O–H groups in total. The molecule has 1 aliphatic rings. The number of nitro groups is 1. The van der Waals surface area contributed by atoms with Gasteiger partial charge in [0, 0.05) is 18.7 Å². The fourth-order valence-corrected chi connectivity index (χ4v) is 4.20. The van der Waals surface area contributed by atoms with Crippen LogP contribution in [0.15, 0.2) is 30.3 Å². The number of carbonyl (C=O) groups is 3. The molecule has 13 nitrogen and oxygen atoms in total. The normalized spacial score (nSPS) is 13.4. The van der Waals surface area contributed by atoms with Crippen molar-refractivity contribution in [2.45, 2.75) is 98.4 Å². The highest BCUT2D eigenvalue weighted by atomic mass is 16.6. The van der Waals surface area contributed by atoms with E-state index in [0.717, 1.165) is 24.5 Å². The number of hydrogen-bond acceptors (Lipinski definition) is 10. The molecule has 0 bridgehead atoms. The van der Waals surface area contributed by atoms with Crippen molar-refractivity contribution in [3.63, 3.8) is 0 Å². The van der Waals surface area contributed by atoms with Gasteiger partial charge in [-0.2, -0.15) is 4.90 Å². The van der Waals surface area contributed by atoms with Crippen LogP contribution in [0.1, 0.15) is 80.0 Å². The van der Waals surface area contributed by atoms with Gasteiger partial charge in [-0.05, 0) is 98.9 Å². The lowest BCUT2D eigenvalue weighted by Crippen LogP contribution is -2.44. The minimum absolute atomic E-state index is 0.108. The van der Waals surface area contributed by atoms with E-state index >= 15 is 0 Å². The van der Waals surface area contributed by atoms with Gasteiger partial charge in [0.25, 0.3) is 5.69 Å². The summed E-state index contributed by atoms with van der Waals surface area (Å²) in [5.41, 5.74) is -1.89. The Morgan fingerprint density at radius 1 is 0.909 bits per heavy atom. The molecule has 1 aliphatic heterocycles. The number of anilines is 2. The van der Waals surface area contributed by atoms with E-state index in [-0.39, 0.29) is 18.0 Å². The van der Waals surface area contributed by atoms with Crippen LogP contribution in [0.2, 0.25) is 0 Å². The second-order valence-corrected chi connectivity index (χ2v) is 13.3. The highest BCUT2D eigenvalue weighted by molar-refractivity contribution is 6.11. The Kier molecular flexibility index (Phi) is 10.1. The molecule has 44 heavy (non-hydrogen) atoms. The Morgan fingerprint density at radius 3 is 2.05 bits per heavy atom. The van der Waals surface area contributed by atoms with Gasteiger partial charge in [0.1, 0.15) is 34.1 Å². The minimum atomic E-state index is -1.12. The molecule has 0 aliphatic carbocycles. The molecule has 240 valence electrons. The van der Waals surface area contributed by atoms with Crippen molar-refractivity contribution in [3.05, 3.63) is 51.7 Å². The van der Waals surface area contributed by atoms with E-state index < -0.39 is 45.7 Å². The predicted octanol–water partition coefficient (Wildman–Crippen LogP) is 6.98. The van der Waals surface area contributed by atoms with E-state index in [0.29, 0.717) is 29.4 Å². The number of rotatable bonds is 6. The van der Waals surface area contributed by atoms with Crippen LogP contribution >= 0.6 is 0 Å². The summed E-state index contributed by atoms with van der Waals surface area (Å²) in [6.07, 6.45) is -0.779. The molecule has 0 radical (unpaired) electrons. The molecule has 0 saturated heterocycles. The first-order valence-electron chi connectivity index (χ1n) is 14.4. The van der Waals surface area contributed by atoms with E-state index in [1.807, 2.05) is 12.1 Å². The van der Waals surface area contributed by atoms with E-state index in [1.54, 1.807) is 62.3 Å². The molecule has 3 amide bonds. The third-order valence-electron chi connectivity index (χ3n) is 5.87. The fraction of sp³-hybridized carbons (Fsp3) is 0.548. The van der Waals surface area contributed by atoms with Crippen molar-refractivity contribution in [2.75, 3.05) is 23.0 Å². The molecule has 13 heteroatoms. The SMILES string of the molecule is CC(C)(C)OC(=O)N1CCCc2ccc(CCOc3ccc(N(C(=O)OC(C)(C)C)C(=O)OC(C)(C)C)c([N+](=O)[O-])c3)nc21. The predicted molar refractivity (Wildman–Crippen MR) is 163 cm³/mol. The summed E-state index contributed by atoms with van der Waals surface area (Å²) in [7, 11) is 0. The number of aromatic nitrogens is 1. The number of carbonyl (C=O) groups excluding carboxylic acids is 3. The monoisotopic (exact) mass is 614 g/mol. The second kappa shape index (κ2) is 13.1. The number of nitro benzene ring substituents is 1. The van der Waals surface area contributed by atoms with Crippen molar-refractivity contribution in [1.29, 1.82) is 0 Å². The highest BCUT2D eigenvalue weighted by Gasteiger charge is 2.37. The minimum Gasteiger partial charge on any atom is -0.493 e. The molecule has 0 saturated carbocycles. The second-order valence-electron chi connectivity index (χ2n) is 13.3. The zero-order valence-corrected chi connectivity index (χ0v) is 26.9. The average Bonchev–Trinajstić information content (AvgIpc) is 2.85. The number of nitrogens with zero attached hydrogens (tertiary/aromatic N) is 4. The molecule has 0 spiro atoms. The van der Waals surface area contributed by atoms with Gasteiger partial charge < -0.3 is 18.9 Å². The Bertz CT molecular complexity index is 1380. The van der Waals surface area contributed by atoms with Crippen LogP contribution in [0.3, 0.4) is 0 Å². The molecule has 2 heterocycles. The largest absolute Gasteiger partial charge is 0.493 e. The van der Waals surface area contributed by atoms with Gasteiger partial charge in [-0.1, -0.05) is 6.07 Å². The van der Waals surface area contributed by atoms with Crippen LogP contribution in [0, 0.1) is 10.1 Å². The number of amides is 3. The molecule has 0 unspecified atom stereocenters. The lowest BCUT2D eigenvalue weighted by atomic mass is 10.1. The molecule has 2 aromatic rings. The smallest absolute Gasteiger partial charge is 0.424 e. The van der Waals surface area contributed by atoms with Crippen molar-refractivity contribution in [2.24, 2.45) is 0 Å². The number of hydrogen-bond donors (Lipinski definition) is 0. The third kappa shape index (κ3) is 9.55. The van der Waals surface area contributed by atoms with E-state index in [9.17, 15) is 24.5 Å². The average molecular weight is 615 g/mol. The van der Waals surface area contributed by atoms with E-state index in [1.165, 1.54) is 17.0 Å². The Labute approximate surface area is 257 Å². The standard InChI is InChI=1S/C31H42N4O9/c1-29(2,3)42-26(36)33-17-10-11-20-12-13-21(32-25(20)33)16-18-41-22-14-15-23(24(19-22)35(39)40)34(27(37)43-30(4,5)6)28(38)44-31(7,8)9/h12-15,19H,10-11,16-18H2,1-9H3. The van der Waals surface area contributed by atoms with Gasteiger partial charge in [-0.15, -0.1) is 0 Å². The maximum atomic E-state index is 13.0. The summed E-state index contributed by atoms with van der Waals surface area (Å²) in [5, 5.41) is 12.1. The van der Waals surface area contributed by atoms with E-state index in [4.69, 9.17) is 18.9 Å². The first-order chi connectivity index (χ1) is 20.2. The maximum absolute atomic E-state index is 13.0. The van der Waals surface area contributed by atoms with Gasteiger partial charge in [0.15, 0.2) is 0 Å².